The average molecular weight is 431 g/mol. The standard InChI is InChI=1S/C20H28Cl2N2O4/c1-3-5-11-24(12-6-4-2)20(28)15(8-10-18(25)26)19(27)23-14-7-9-16(21)17(22)13-14/h7,9,13,15H,3-6,8,10-12H2,1-2H3,(H,23,27)(H,25,26). The first-order chi connectivity index (χ1) is 13.3. The minimum absolute atomic E-state index is 0.0595. The molecule has 0 fully saturated rings. The summed E-state index contributed by atoms with van der Waals surface area (Å²) in [6.07, 6.45) is 3.18. The smallest absolute Gasteiger partial charge is 0.303 e. The van der Waals surface area contributed by atoms with Gasteiger partial charge in [0.1, 0.15) is 5.92 Å². The van der Waals surface area contributed by atoms with Crippen LogP contribution in [-0.4, -0.2) is 40.9 Å². The van der Waals surface area contributed by atoms with Crippen molar-refractivity contribution in [2.45, 2.75) is 52.4 Å². The predicted octanol–water partition coefficient (Wildman–Crippen LogP) is 4.84. The van der Waals surface area contributed by atoms with E-state index in [0.717, 1.165) is 25.7 Å². The van der Waals surface area contributed by atoms with Crippen molar-refractivity contribution in [2.24, 2.45) is 5.92 Å². The number of amides is 2. The average Bonchev–Trinajstić information content (AvgIpc) is 2.64. The van der Waals surface area contributed by atoms with Gasteiger partial charge < -0.3 is 15.3 Å². The molecule has 0 radical (unpaired) electrons. The van der Waals surface area contributed by atoms with Gasteiger partial charge in [0, 0.05) is 25.2 Å². The third-order valence-corrected chi connectivity index (χ3v) is 5.06. The number of carboxylic acid groups (broad SMARTS) is 1. The lowest BCUT2D eigenvalue weighted by Crippen LogP contribution is -2.42. The summed E-state index contributed by atoms with van der Waals surface area (Å²) in [6.45, 7) is 5.17. The predicted molar refractivity (Wildman–Crippen MR) is 112 cm³/mol. The summed E-state index contributed by atoms with van der Waals surface area (Å²) in [4.78, 5) is 38.5. The van der Waals surface area contributed by atoms with Crippen LogP contribution in [0.15, 0.2) is 18.2 Å². The molecule has 0 aliphatic rings. The second-order valence-electron chi connectivity index (χ2n) is 6.64. The Morgan fingerprint density at radius 2 is 1.68 bits per heavy atom. The molecule has 1 aromatic carbocycles. The van der Waals surface area contributed by atoms with Crippen LogP contribution in [0.1, 0.15) is 52.4 Å². The molecule has 0 heterocycles. The summed E-state index contributed by atoms with van der Waals surface area (Å²) in [5, 5.41) is 12.3. The first-order valence-corrected chi connectivity index (χ1v) is 10.3. The molecule has 0 spiro atoms. The minimum Gasteiger partial charge on any atom is -0.481 e. The lowest BCUT2D eigenvalue weighted by atomic mass is 9.99. The Bertz CT molecular complexity index is 674. The zero-order valence-corrected chi connectivity index (χ0v) is 17.9. The van der Waals surface area contributed by atoms with Gasteiger partial charge in [0.2, 0.25) is 11.8 Å². The number of halogens is 2. The molecule has 0 aliphatic carbocycles. The van der Waals surface area contributed by atoms with Crippen molar-refractivity contribution in [3.8, 4) is 0 Å². The molecule has 2 amide bonds. The van der Waals surface area contributed by atoms with E-state index in [2.05, 4.69) is 5.32 Å². The van der Waals surface area contributed by atoms with Gasteiger partial charge in [-0.2, -0.15) is 0 Å². The number of carboxylic acids is 1. The van der Waals surface area contributed by atoms with Crippen LogP contribution in [0.5, 0.6) is 0 Å². The molecule has 0 saturated carbocycles. The normalized spacial score (nSPS) is 11.7. The van der Waals surface area contributed by atoms with Crippen LogP contribution >= 0.6 is 23.2 Å². The van der Waals surface area contributed by atoms with Crippen LogP contribution in [0.25, 0.3) is 0 Å². The van der Waals surface area contributed by atoms with Crippen LogP contribution in [0.4, 0.5) is 5.69 Å². The molecule has 0 saturated heterocycles. The number of nitrogens with one attached hydrogen (secondary N) is 1. The monoisotopic (exact) mass is 430 g/mol. The fourth-order valence-electron chi connectivity index (χ4n) is 2.69. The minimum atomic E-state index is -1.07. The van der Waals surface area contributed by atoms with E-state index in [1.165, 1.54) is 6.07 Å². The maximum absolute atomic E-state index is 13.0. The Balaban J connectivity index is 2.99. The highest BCUT2D eigenvalue weighted by Crippen LogP contribution is 2.26. The molecular weight excluding hydrogens is 403 g/mol. The van der Waals surface area contributed by atoms with E-state index in [9.17, 15) is 14.4 Å². The van der Waals surface area contributed by atoms with Crippen molar-refractivity contribution in [3.63, 3.8) is 0 Å². The van der Waals surface area contributed by atoms with E-state index in [1.54, 1.807) is 17.0 Å². The number of hydrogen-bond acceptors (Lipinski definition) is 3. The number of benzene rings is 1. The molecule has 1 atom stereocenters. The van der Waals surface area contributed by atoms with Crippen LogP contribution < -0.4 is 5.32 Å². The summed E-state index contributed by atoms with van der Waals surface area (Å²) >= 11 is 11.9. The third kappa shape index (κ3) is 8.07. The number of anilines is 1. The molecule has 2 N–H and O–H groups in total. The van der Waals surface area contributed by atoms with Crippen LogP contribution in [0, 0.1) is 5.92 Å². The quantitative estimate of drug-likeness (QED) is 0.464. The van der Waals surface area contributed by atoms with Gasteiger partial charge in [0.15, 0.2) is 0 Å². The Morgan fingerprint density at radius 1 is 1.07 bits per heavy atom. The summed E-state index contributed by atoms with van der Waals surface area (Å²) < 4.78 is 0. The highest BCUT2D eigenvalue weighted by molar-refractivity contribution is 6.42. The van der Waals surface area contributed by atoms with E-state index < -0.39 is 17.8 Å². The van der Waals surface area contributed by atoms with Gasteiger partial charge in [0.25, 0.3) is 0 Å². The van der Waals surface area contributed by atoms with E-state index >= 15 is 0 Å². The van der Waals surface area contributed by atoms with Gasteiger partial charge >= 0.3 is 5.97 Å². The Labute approximate surface area is 176 Å². The SMILES string of the molecule is CCCCN(CCCC)C(=O)C(CCC(=O)O)C(=O)Nc1ccc(Cl)c(Cl)c1. The first kappa shape index (κ1) is 24.2. The summed E-state index contributed by atoms with van der Waals surface area (Å²) in [6, 6.07) is 4.62. The van der Waals surface area contributed by atoms with Gasteiger partial charge in [-0.3, -0.25) is 14.4 Å². The molecule has 6 nitrogen and oxygen atoms in total. The van der Waals surface area contributed by atoms with E-state index in [0.29, 0.717) is 23.8 Å². The van der Waals surface area contributed by atoms with Crippen molar-refractivity contribution >= 4 is 46.7 Å². The number of aliphatic carboxylic acids is 1. The molecule has 0 aliphatic heterocycles. The van der Waals surface area contributed by atoms with Crippen molar-refractivity contribution in [2.75, 3.05) is 18.4 Å². The summed E-state index contributed by atoms with van der Waals surface area (Å²) in [5.74, 6) is -2.99. The maximum atomic E-state index is 13.0. The van der Waals surface area contributed by atoms with E-state index in [-0.39, 0.29) is 23.8 Å². The van der Waals surface area contributed by atoms with Gasteiger partial charge in [-0.1, -0.05) is 49.9 Å². The summed E-state index contributed by atoms with van der Waals surface area (Å²) in [5.41, 5.74) is 0.404. The molecule has 1 unspecified atom stereocenters. The Morgan fingerprint density at radius 3 is 2.18 bits per heavy atom. The van der Waals surface area contributed by atoms with Gasteiger partial charge in [-0.05, 0) is 37.5 Å². The van der Waals surface area contributed by atoms with Gasteiger partial charge in [0.05, 0.1) is 10.0 Å². The van der Waals surface area contributed by atoms with Crippen LogP contribution in [0.2, 0.25) is 10.0 Å². The topological polar surface area (TPSA) is 86.7 Å². The highest BCUT2D eigenvalue weighted by Gasteiger charge is 2.31. The molecular formula is C20H28Cl2N2O4. The fourth-order valence-corrected chi connectivity index (χ4v) is 2.99. The maximum Gasteiger partial charge on any atom is 0.303 e. The Kier molecular flexibility index (Phi) is 10.9. The lowest BCUT2D eigenvalue weighted by molar-refractivity contribution is -0.142. The zero-order valence-electron chi connectivity index (χ0n) is 16.3. The van der Waals surface area contributed by atoms with Crippen LogP contribution in [-0.2, 0) is 14.4 Å². The molecule has 1 rings (SSSR count). The number of unbranched alkanes of at least 4 members (excludes halogenated alkanes) is 2. The van der Waals surface area contributed by atoms with Crippen molar-refractivity contribution < 1.29 is 19.5 Å². The number of rotatable bonds is 12. The number of hydrogen-bond donors (Lipinski definition) is 2. The van der Waals surface area contributed by atoms with Crippen LogP contribution in [0.3, 0.4) is 0 Å². The molecule has 156 valence electrons. The van der Waals surface area contributed by atoms with Crippen molar-refractivity contribution in [1.82, 2.24) is 4.90 Å². The van der Waals surface area contributed by atoms with Gasteiger partial charge in [-0.25, -0.2) is 0 Å². The molecule has 0 bridgehead atoms. The first-order valence-electron chi connectivity index (χ1n) is 9.56. The Hall–Kier alpha value is -1.79. The van der Waals surface area contributed by atoms with E-state index in [4.69, 9.17) is 28.3 Å². The molecule has 28 heavy (non-hydrogen) atoms. The third-order valence-electron chi connectivity index (χ3n) is 4.32. The van der Waals surface area contributed by atoms with Gasteiger partial charge in [-0.15, -0.1) is 0 Å². The fraction of sp³-hybridized carbons (Fsp3) is 0.550. The summed E-state index contributed by atoms with van der Waals surface area (Å²) in [7, 11) is 0. The number of carbonyl (C=O) groups excluding carboxylic acids is 2. The van der Waals surface area contributed by atoms with Crippen molar-refractivity contribution in [3.05, 3.63) is 28.2 Å². The molecule has 1 aromatic rings. The largest absolute Gasteiger partial charge is 0.481 e. The second kappa shape index (κ2) is 12.6. The number of carbonyl (C=O) groups is 3. The molecule has 0 aromatic heterocycles. The highest BCUT2D eigenvalue weighted by atomic mass is 35.5. The number of nitrogens with zero attached hydrogens (tertiary/aromatic N) is 1. The molecule has 8 heteroatoms. The lowest BCUT2D eigenvalue weighted by Gasteiger charge is -2.27. The zero-order chi connectivity index (χ0) is 21.1. The van der Waals surface area contributed by atoms with Crippen molar-refractivity contribution in [1.29, 1.82) is 0 Å². The van der Waals surface area contributed by atoms with E-state index in [1.807, 2.05) is 13.8 Å². The second-order valence-corrected chi connectivity index (χ2v) is 7.45.